The molecule has 1 aromatic heterocycles. The minimum absolute atomic E-state index is 0.0472. The van der Waals surface area contributed by atoms with Gasteiger partial charge in [-0.3, -0.25) is 4.79 Å². The molecule has 1 saturated heterocycles. The summed E-state index contributed by atoms with van der Waals surface area (Å²) in [5.74, 6) is -0.282. The summed E-state index contributed by atoms with van der Waals surface area (Å²) in [4.78, 5) is 16.0. The van der Waals surface area contributed by atoms with Crippen LogP contribution < -0.4 is 5.32 Å². The Morgan fingerprint density at radius 3 is 2.95 bits per heavy atom. The molecule has 1 unspecified atom stereocenters. The maximum Gasteiger partial charge on any atom is 0.224 e. The standard InChI is InChI=1S/C13H22N4O3S/c1-21(19,20)17-8-2-4-12(10-17)13(18)15-5-3-7-16-9-6-14-11-16/h6,9,11-12H,2-5,7-8,10H2,1H3,(H,15,18). The van der Waals surface area contributed by atoms with Gasteiger partial charge in [-0.1, -0.05) is 0 Å². The van der Waals surface area contributed by atoms with Crippen molar-refractivity contribution in [1.82, 2.24) is 19.2 Å². The lowest BCUT2D eigenvalue weighted by molar-refractivity contribution is -0.126. The molecule has 0 radical (unpaired) electrons. The van der Waals surface area contributed by atoms with Crippen LogP contribution in [-0.4, -0.2) is 54.1 Å². The molecule has 1 fully saturated rings. The van der Waals surface area contributed by atoms with E-state index >= 15 is 0 Å². The average molecular weight is 314 g/mol. The van der Waals surface area contributed by atoms with Gasteiger partial charge >= 0.3 is 0 Å². The van der Waals surface area contributed by atoms with Crippen LogP contribution in [0.15, 0.2) is 18.7 Å². The molecule has 7 nitrogen and oxygen atoms in total. The first-order chi connectivity index (χ1) is 9.97. The van der Waals surface area contributed by atoms with Crippen LogP contribution >= 0.6 is 0 Å². The fraction of sp³-hybridized carbons (Fsp3) is 0.692. The van der Waals surface area contributed by atoms with Gasteiger partial charge in [0.05, 0.1) is 18.5 Å². The van der Waals surface area contributed by atoms with Crippen molar-refractivity contribution in [2.75, 3.05) is 25.9 Å². The molecule has 21 heavy (non-hydrogen) atoms. The van der Waals surface area contributed by atoms with E-state index in [1.54, 1.807) is 12.5 Å². The molecule has 0 bridgehead atoms. The van der Waals surface area contributed by atoms with Crippen molar-refractivity contribution in [3.63, 3.8) is 0 Å². The van der Waals surface area contributed by atoms with Gasteiger partial charge < -0.3 is 9.88 Å². The van der Waals surface area contributed by atoms with Crippen LogP contribution in [0.2, 0.25) is 0 Å². The molecule has 2 rings (SSSR count). The number of rotatable bonds is 6. The lowest BCUT2D eigenvalue weighted by atomic mass is 9.99. The number of carbonyl (C=O) groups is 1. The molecule has 1 aliphatic rings. The third-order valence-corrected chi connectivity index (χ3v) is 4.95. The van der Waals surface area contributed by atoms with Crippen molar-refractivity contribution < 1.29 is 13.2 Å². The SMILES string of the molecule is CS(=O)(=O)N1CCCC(C(=O)NCCCn2ccnc2)C1. The van der Waals surface area contributed by atoms with Gasteiger partial charge in [0.1, 0.15) is 0 Å². The molecule has 0 aromatic carbocycles. The average Bonchev–Trinajstić information content (AvgIpc) is 2.96. The van der Waals surface area contributed by atoms with Gasteiger partial charge in [-0.2, -0.15) is 0 Å². The summed E-state index contributed by atoms with van der Waals surface area (Å²) in [6.45, 7) is 2.21. The molecular weight excluding hydrogens is 292 g/mol. The van der Waals surface area contributed by atoms with Gasteiger partial charge in [0.2, 0.25) is 15.9 Å². The monoisotopic (exact) mass is 314 g/mol. The number of piperidine rings is 1. The quantitative estimate of drug-likeness (QED) is 0.753. The van der Waals surface area contributed by atoms with Crippen LogP contribution in [0.4, 0.5) is 0 Å². The summed E-state index contributed by atoms with van der Waals surface area (Å²) in [6.07, 6.45) is 8.85. The summed E-state index contributed by atoms with van der Waals surface area (Å²) in [5, 5.41) is 2.89. The first-order valence-electron chi connectivity index (χ1n) is 7.15. The van der Waals surface area contributed by atoms with Gasteiger partial charge in [-0.15, -0.1) is 0 Å². The molecular formula is C13H22N4O3S. The predicted octanol–water partition coefficient (Wildman–Crippen LogP) is 0.0610. The maximum atomic E-state index is 12.1. The normalized spacial score (nSPS) is 20.3. The first kappa shape index (κ1) is 16.0. The van der Waals surface area contributed by atoms with Crippen LogP contribution in [0.3, 0.4) is 0 Å². The lowest BCUT2D eigenvalue weighted by Gasteiger charge is -2.30. The van der Waals surface area contributed by atoms with E-state index in [9.17, 15) is 13.2 Å². The molecule has 0 aliphatic carbocycles. The maximum absolute atomic E-state index is 12.1. The van der Waals surface area contributed by atoms with Crippen LogP contribution in [0.5, 0.6) is 0 Å². The second kappa shape index (κ2) is 7.04. The zero-order valence-corrected chi connectivity index (χ0v) is 13.1. The first-order valence-corrected chi connectivity index (χ1v) is 9.00. The van der Waals surface area contributed by atoms with Gasteiger partial charge in [-0.05, 0) is 19.3 Å². The zero-order chi connectivity index (χ0) is 15.3. The minimum Gasteiger partial charge on any atom is -0.356 e. The molecule has 1 aromatic rings. The summed E-state index contributed by atoms with van der Waals surface area (Å²) in [6, 6.07) is 0. The van der Waals surface area contributed by atoms with E-state index in [0.29, 0.717) is 19.6 Å². The Kier molecular flexibility index (Phi) is 5.35. The van der Waals surface area contributed by atoms with E-state index in [2.05, 4.69) is 10.3 Å². The lowest BCUT2D eigenvalue weighted by Crippen LogP contribution is -2.45. The number of hydrogen-bond acceptors (Lipinski definition) is 4. The number of sulfonamides is 1. The van der Waals surface area contributed by atoms with Crippen LogP contribution in [0.25, 0.3) is 0 Å². The topological polar surface area (TPSA) is 84.3 Å². The van der Waals surface area contributed by atoms with Crippen molar-refractivity contribution in [1.29, 1.82) is 0 Å². The Bertz CT molecular complexity index is 556. The van der Waals surface area contributed by atoms with Gasteiger partial charge in [0.25, 0.3) is 0 Å². The third-order valence-electron chi connectivity index (χ3n) is 3.68. The van der Waals surface area contributed by atoms with Gasteiger partial charge in [0, 0.05) is 38.6 Å². The second-order valence-electron chi connectivity index (χ2n) is 5.41. The number of nitrogens with zero attached hydrogens (tertiary/aromatic N) is 3. The summed E-state index contributed by atoms with van der Waals surface area (Å²) in [5.41, 5.74) is 0. The fourth-order valence-electron chi connectivity index (χ4n) is 2.49. The van der Waals surface area contributed by atoms with E-state index in [0.717, 1.165) is 25.8 Å². The van der Waals surface area contributed by atoms with E-state index < -0.39 is 10.0 Å². The fourth-order valence-corrected chi connectivity index (χ4v) is 3.41. The number of hydrogen-bond donors (Lipinski definition) is 1. The minimum atomic E-state index is -3.20. The molecule has 118 valence electrons. The summed E-state index contributed by atoms with van der Waals surface area (Å²) >= 11 is 0. The third kappa shape index (κ3) is 4.82. The predicted molar refractivity (Wildman–Crippen MR) is 79.0 cm³/mol. The number of nitrogens with one attached hydrogen (secondary N) is 1. The van der Waals surface area contributed by atoms with Crippen LogP contribution in [0.1, 0.15) is 19.3 Å². The summed E-state index contributed by atoms with van der Waals surface area (Å²) < 4.78 is 26.4. The van der Waals surface area contributed by atoms with Crippen LogP contribution in [0, 0.1) is 5.92 Å². The van der Waals surface area contributed by atoms with Crippen molar-refractivity contribution in [3.8, 4) is 0 Å². The van der Waals surface area contributed by atoms with E-state index in [1.807, 2.05) is 10.8 Å². The highest BCUT2D eigenvalue weighted by Gasteiger charge is 2.29. The summed E-state index contributed by atoms with van der Waals surface area (Å²) in [7, 11) is -3.20. The van der Waals surface area contributed by atoms with Crippen LogP contribution in [-0.2, 0) is 21.4 Å². The highest BCUT2D eigenvalue weighted by Crippen LogP contribution is 2.18. The number of amides is 1. The van der Waals surface area contributed by atoms with E-state index in [1.165, 1.54) is 10.6 Å². The molecule has 2 heterocycles. The molecule has 0 saturated carbocycles. The Morgan fingerprint density at radius 2 is 2.29 bits per heavy atom. The number of aryl methyl sites for hydroxylation is 1. The zero-order valence-electron chi connectivity index (χ0n) is 12.2. The van der Waals surface area contributed by atoms with Crippen molar-refractivity contribution in [3.05, 3.63) is 18.7 Å². The molecule has 1 amide bonds. The number of aromatic nitrogens is 2. The van der Waals surface area contributed by atoms with Gasteiger partial charge in [0.15, 0.2) is 0 Å². The number of imidazole rings is 1. The second-order valence-corrected chi connectivity index (χ2v) is 7.39. The molecule has 0 spiro atoms. The van der Waals surface area contributed by atoms with E-state index in [4.69, 9.17) is 0 Å². The molecule has 1 N–H and O–H groups in total. The molecule has 8 heteroatoms. The smallest absolute Gasteiger partial charge is 0.224 e. The molecule has 1 atom stereocenters. The largest absolute Gasteiger partial charge is 0.356 e. The highest BCUT2D eigenvalue weighted by atomic mass is 32.2. The van der Waals surface area contributed by atoms with Crippen molar-refractivity contribution >= 4 is 15.9 Å². The van der Waals surface area contributed by atoms with Gasteiger partial charge in [-0.25, -0.2) is 17.7 Å². The van der Waals surface area contributed by atoms with Crippen molar-refractivity contribution in [2.45, 2.75) is 25.8 Å². The Balaban J connectivity index is 1.72. The highest BCUT2D eigenvalue weighted by molar-refractivity contribution is 7.88. The van der Waals surface area contributed by atoms with E-state index in [-0.39, 0.29) is 11.8 Å². The Hall–Kier alpha value is -1.41. The van der Waals surface area contributed by atoms with Crippen molar-refractivity contribution in [2.24, 2.45) is 5.92 Å². The Morgan fingerprint density at radius 1 is 1.48 bits per heavy atom. The Labute approximate surface area is 125 Å². The number of carbonyl (C=O) groups excluding carboxylic acids is 1. The molecule has 1 aliphatic heterocycles.